The van der Waals surface area contributed by atoms with E-state index in [1.807, 2.05) is 24.7 Å². The first-order valence-electron chi connectivity index (χ1n) is 9.83. The minimum atomic E-state index is -4.98. The smallest absolute Gasteiger partial charge is 0.339 e. The lowest BCUT2D eigenvalue weighted by atomic mass is 10.2. The molecular weight excluding hydrogens is 419 g/mol. The number of hydrogen-bond donors (Lipinski definition) is 0. The van der Waals surface area contributed by atoms with Gasteiger partial charge in [-0.2, -0.15) is 23.4 Å². The Kier molecular flexibility index (Phi) is 6.34. The Hall–Kier alpha value is -2.96. The van der Waals surface area contributed by atoms with Gasteiger partial charge in [-0.15, -0.1) is 0 Å². The molecule has 0 atom stereocenters. The summed E-state index contributed by atoms with van der Waals surface area (Å²) in [5.74, 6) is -0.427. The Bertz CT molecular complexity index is 975. The number of aromatic nitrogens is 4. The van der Waals surface area contributed by atoms with Crippen LogP contribution in [-0.4, -0.2) is 66.4 Å². The molecular formula is C18H24F3N7O3. The van der Waals surface area contributed by atoms with E-state index in [-0.39, 0.29) is 5.69 Å². The molecule has 0 N–H and O–H groups in total. The largest absolute Gasteiger partial charge is 0.442 e. The second-order valence-corrected chi connectivity index (χ2v) is 7.45. The van der Waals surface area contributed by atoms with E-state index in [4.69, 9.17) is 0 Å². The van der Waals surface area contributed by atoms with Crippen molar-refractivity contribution in [3.63, 3.8) is 0 Å². The van der Waals surface area contributed by atoms with Crippen molar-refractivity contribution in [1.82, 2.24) is 29.4 Å². The Labute approximate surface area is 176 Å². The molecule has 0 bridgehead atoms. The van der Waals surface area contributed by atoms with Crippen LogP contribution in [0.5, 0.6) is 0 Å². The Morgan fingerprint density at radius 3 is 2.32 bits per heavy atom. The standard InChI is InChI=1S/C18H24F3N7O3/c1-4-26-10-14(12(2)22-26)9-24-5-7-25(8-6-24)15(29)11-27-13(3)16(28(30)31)17(23-27)18(19,20)21/h10H,4-9,11H2,1-3H3. The molecule has 0 radical (unpaired) electrons. The summed E-state index contributed by atoms with van der Waals surface area (Å²) in [4.78, 5) is 26.3. The molecule has 13 heteroatoms. The number of aryl methyl sites for hydroxylation is 2. The lowest BCUT2D eigenvalue weighted by Crippen LogP contribution is -2.49. The summed E-state index contributed by atoms with van der Waals surface area (Å²) in [5, 5.41) is 18.8. The highest BCUT2D eigenvalue weighted by molar-refractivity contribution is 5.76. The third kappa shape index (κ3) is 4.86. The SMILES string of the molecule is CCn1cc(CN2CCN(C(=O)Cn3nc(C(F)(F)F)c([N+](=O)[O-])c3C)CC2)c(C)n1. The molecule has 170 valence electrons. The summed E-state index contributed by atoms with van der Waals surface area (Å²) in [5.41, 5.74) is -0.936. The Morgan fingerprint density at radius 2 is 1.84 bits per heavy atom. The third-order valence-corrected chi connectivity index (χ3v) is 5.40. The van der Waals surface area contributed by atoms with Crippen LogP contribution in [0.1, 0.15) is 29.6 Å². The maximum absolute atomic E-state index is 13.1. The van der Waals surface area contributed by atoms with Gasteiger partial charge in [0.05, 0.1) is 10.6 Å². The van der Waals surface area contributed by atoms with E-state index >= 15 is 0 Å². The fourth-order valence-corrected chi connectivity index (χ4v) is 3.60. The van der Waals surface area contributed by atoms with Gasteiger partial charge in [0.15, 0.2) is 0 Å². The van der Waals surface area contributed by atoms with Gasteiger partial charge >= 0.3 is 11.9 Å². The van der Waals surface area contributed by atoms with Crippen molar-refractivity contribution in [1.29, 1.82) is 0 Å². The van der Waals surface area contributed by atoms with E-state index in [0.29, 0.717) is 32.7 Å². The molecule has 0 saturated carbocycles. The number of amides is 1. The van der Waals surface area contributed by atoms with Crippen LogP contribution in [0.4, 0.5) is 18.9 Å². The minimum absolute atomic E-state index is 0.298. The van der Waals surface area contributed by atoms with Gasteiger partial charge in [-0.05, 0) is 20.8 Å². The van der Waals surface area contributed by atoms with E-state index in [9.17, 15) is 28.1 Å². The molecule has 31 heavy (non-hydrogen) atoms. The summed E-state index contributed by atoms with van der Waals surface area (Å²) in [6.45, 7) is 8.15. The molecule has 0 aromatic carbocycles. The number of nitrogens with zero attached hydrogens (tertiary/aromatic N) is 7. The summed E-state index contributed by atoms with van der Waals surface area (Å²) < 4.78 is 41.9. The highest BCUT2D eigenvalue weighted by Gasteiger charge is 2.44. The zero-order valence-electron chi connectivity index (χ0n) is 17.5. The van der Waals surface area contributed by atoms with Crippen molar-refractivity contribution in [2.45, 2.75) is 46.6 Å². The van der Waals surface area contributed by atoms with Crippen molar-refractivity contribution in [2.24, 2.45) is 0 Å². The first-order chi connectivity index (χ1) is 14.5. The second-order valence-electron chi connectivity index (χ2n) is 7.45. The van der Waals surface area contributed by atoms with Crippen LogP contribution in [0.3, 0.4) is 0 Å². The van der Waals surface area contributed by atoms with Crippen LogP contribution < -0.4 is 0 Å². The number of halogens is 3. The number of carbonyl (C=O) groups is 1. The highest BCUT2D eigenvalue weighted by atomic mass is 19.4. The second kappa shape index (κ2) is 8.65. The van der Waals surface area contributed by atoms with Crippen LogP contribution in [-0.2, 0) is 30.6 Å². The normalized spacial score (nSPS) is 15.5. The molecule has 0 unspecified atom stereocenters. The molecule has 1 amide bonds. The zero-order chi connectivity index (χ0) is 22.9. The van der Waals surface area contributed by atoms with Gasteiger partial charge in [-0.1, -0.05) is 0 Å². The van der Waals surface area contributed by atoms with Crippen molar-refractivity contribution in [3.8, 4) is 0 Å². The van der Waals surface area contributed by atoms with Gasteiger partial charge in [0.25, 0.3) is 0 Å². The van der Waals surface area contributed by atoms with Gasteiger partial charge in [0, 0.05) is 51.0 Å². The number of alkyl halides is 3. The monoisotopic (exact) mass is 443 g/mol. The Balaban J connectivity index is 1.63. The van der Waals surface area contributed by atoms with E-state index in [1.54, 1.807) is 4.90 Å². The molecule has 0 aliphatic carbocycles. The molecule has 1 aliphatic heterocycles. The Morgan fingerprint density at radius 1 is 1.19 bits per heavy atom. The lowest BCUT2D eigenvalue weighted by Gasteiger charge is -2.34. The van der Waals surface area contributed by atoms with E-state index in [2.05, 4.69) is 15.1 Å². The highest BCUT2D eigenvalue weighted by Crippen LogP contribution is 2.36. The molecule has 0 spiro atoms. The van der Waals surface area contributed by atoms with Crippen LogP contribution in [0.2, 0.25) is 0 Å². The molecule has 10 nitrogen and oxygen atoms in total. The lowest BCUT2D eigenvalue weighted by molar-refractivity contribution is -0.388. The quantitative estimate of drug-likeness (QED) is 0.500. The number of carbonyl (C=O) groups excluding carboxylic acids is 1. The summed E-state index contributed by atoms with van der Waals surface area (Å²) in [7, 11) is 0. The number of hydrogen-bond acceptors (Lipinski definition) is 6. The predicted octanol–water partition coefficient (Wildman–Crippen LogP) is 1.99. The average Bonchev–Trinajstić information content (AvgIpc) is 3.22. The first-order valence-corrected chi connectivity index (χ1v) is 9.83. The van der Waals surface area contributed by atoms with Crippen molar-refractivity contribution in [2.75, 3.05) is 26.2 Å². The van der Waals surface area contributed by atoms with Gasteiger partial charge in [-0.3, -0.25) is 29.2 Å². The average molecular weight is 443 g/mol. The molecule has 2 aromatic rings. The van der Waals surface area contributed by atoms with Crippen molar-refractivity contribution >= 4 is 11.6 Å². The molecule has 2 aromatic heterocycles. The van der Waals surface area contributed by atoms with Gasteiger partial charge in [0.1, 0.15) is 12.2 Å². The van der Waals surface area contributed by atoms with E-state index in [1.165, 1.54) is 0 Å². The molecule has 1 fully saturated rings. The predicted molar refractivity (Wildman–Crippen MR) is 103 cm³/mol. The maximum Gasteiger partial charge on any atom is 0.442 e. The fraction of sp³-hybridized carbons (Fsp3) is 0.611. The van der Waals surface area contributed by atoms with Crippen molar-refractivity contribution in [3.05, 3.63) is 39.0 Å². The van der Waals surface area contributed by atoms with Crippen molar-refractivity contribution < 1.29 is 22.9 Å². The minimum Gasteiger partial charge on any atom is -0.339 e. The molecule has 1 saturated heterocycles. The first kappa shape index (κ1) is 22.7. The summed E-state index contributed by atoms with van der Waals surface area (Å²) in [6.07, 6.45) is -2.98. The van der Waals surface area contributed by atoms with Gasteiger partial charge < -0.3 is 4.90 Å². The van der Waals surface area contributed by atoms with Gasteiger partial charge in [-0.25, -0.2) is 0 Å². The van der Waals surface area contributed by atoms with Crippen LogP contribution >= 0.6 is 0 Å². The van der Waals surface area contributed by atoms with Crippen LogP contribution in [0, 0.1) is 24.0 Å². The molecule has 1 aliphatic rings. The number of piperazine rings is 1. The maximum atomic E-state index is 13.1. The summed E-state index contributed by atoms with van der Waals surface area (Å²) >= 11 is 0. The fourth-order valence-electron chi connectivity index (χ4n) is 3.60. The van der Waals surface area contributed by atoms with Crippen LogP contribution in [0.15, 0.2) is 6.20 Å². The topological polar surface area (TPSA) is 102 Å². The van der Waals surface area contributed by atoms with Crippen LogP contribution in [0.25, 0.3) is 0 Å². The van der Waals surface area contributed by atoms with Gasteiger partial charge in [0.2, 0.25) is 11.6 Å². The summed E-state index contributed by atoms with van der Waals surface area (Å²) in [6, 6.07) is 0. The molecule has 3 heterocycles. The van der Waals surface area contributed by atoms with E-state index in [0.717, 1.165) is 29.4 Å². The van der Waals surface area contributed by atoms with E-state index < -0.39 is 34.9 Å². The number of nitro groups is 1. The third-order valence-electron chi connectivity index (χ3n) is 5.40. The number of rotatable bonds is 6. The zero-order valence-corrected chi connectivity index (χ0v) is 17.5. The molecule has 3 rings (SSSR count).